The van der Waals surface area contributed by atoms with Gasteiger partial charge in [0.1, 0.15) is 0 Å². The van der Waals surface area contributed by atoms with Gasteiger partial charge in [0.2, 0.25) is 0 Å². The molecule has 5 heteroatoms. The molecule has 0 bridgehead atoms. The molecule has 1 saturated heterocycles. The van der Waals surface area contributed by atoms with E-state index < -0.39 is 15.1 Å². The highest BCUT2D eigenvalue weighted by Crippen LogP contribution is 2.34. The van der Waals surface area contributed by atoms with Crippen molar-refractivity contribution >= 4 is 20.7 Å². The first-order valence-electron chi connectivity index (χ1n) is 7.84. The zero-order chi connectivity index (χ0) is 15.9. The van der Waals surface area contributed by atoms with Crippen molar-refractivity contribution in [1.29, 1.82) is 0 Å². The molecule has 1 aromatic carbocycles. The number of aromatic amines is 1. The summed E-state index contributed by atoms with van der Waals surface area (Å²) in [5, 5.41) is 0.722. The van der Waals surface area contributed by atoms with Crippen LogP contribution in [-0.4, -0.2) is 44.7 Å². The summed E-state index contributed by atoms with van der Waals surface area (Å²) in [5.41, 5.74) is 3.31. The standard InChI is InChI=1S/C17H24N2O2S/c1-12(22(3,20)21)14-4-5-17-15(10-14)16(11-18-17)13-6-8-19(2)9-7-13/h4-5,10-13,18H,6-9H2,1-3H3. The van der Waals surface area contributed by atoms with Crippen molar-refractivity contribution < 1.29 is 8.42 Å². The Labute approximate surface area is 132 Å². The van der Waals surface area contributed by atoms with E-state index in [4.69, 9.17) is 0 Å². The smallest absolute Gasteiger partial charge is 0.154 e. The van der Waals surface area contributed by atoms with Gasteiger partial charge in [-0.1, -0.05) is 6.07 Å². The highest BCUT2D eigenvalue weighted by Gasteiger charge is 2.22. The average Bonchev–Trinajstić information content (AvgIpc) is 2.89. The van der Waals surface area contributed by atoms with Crippen LogP contribution in [0.3, 0.4) is 0 Å². The van der Waals surface area contributed by atoms with E-state index in [0.29, 0.717) is 5.92 Å². The summed E-state index contributed by atoms with van der Waals surface area (Å²) in [5.74, 6) is 0.564. The minimum Gasteiger partial charge on any atom is -0.361 e. The van der Waals surface area contributed by atoms with Crippen molar-refractivity contribution in [3.8, 4) is 0 Å². The fraction of sp³-hybridized carbons (Fsp3) is 0.529. The Bertz CT molecular complexity index is 771. The summed E-state index contributed by atoms with van der Waals surface area (Å²) in [4.78, 5) is 5.70. The maximum absolute atomic E-state index is 11.8. The lowest BCUT2D eigenvalue weighted by Crippen LogP contribution is -2.29. The highest BCUT2D eigenvalue weighted by atomic mass is 32.2. The number of nitrogens with zero attached hydrogens (tertiary/aromatic N) is 1. The fourth-order valence-electron chi connectivity index (χ4n) is 3.32. The van der Waals surface area contributed by atoms with Gasteiger partial charge in [-0.05, 0) is 69.1 Å². The maximum Gasteiger partial charge on any atom is 0.154 e. The second-order valence-electron chi connectivity index (χ2n) is 6.60. The van der Waals surface area contributed by atoms with Gasteiger partial charge < -0.3 is 9.88 Å². The van der Waals surface area contributed by atoms with Crippen molar-refractivity contribution in [2.75, 3.05) is 26.4 Å². The molecule has 0 radical (unpaired) electrons. The number of fused-ring (bicyclic) bond motifs is 1. The number of benzene rings is 1. The van der Waals surface area contributed by atoms with Crippen LogP contribution >= 0.6 is 0 Å². The Kier molecular flexibility index (Phi) is 4.03. The number of hydrogen-bond donors (Lipinski definition) is 1. The van der Waals surface area contributed by atoms with E-state index in [2.05, 4.69) is 29.2 Å². The number of nitrogens with one attached hydrogen (secondary N) is 1. The van der Waals surface area contributed by atoms with E-state index in [1.54, 1.807) is 6.92 Å². The topological polar surface area (TPSA) is 53.2 Å². The van der Waals surface area contributed by atoms with Gasteiger partial charge in [0.05, 0.1) is 5.25 Å². The predicted octanol–water partition coefficient (Wildman–Crippen LogP) is 3.08. The molecule has 1 N–H and O–H groups in total. The molecule has 4 nitrogen and oxygen atoms in total. The first-order valence-corrected chi connectivity index (χ1v) is 9.80. The van der Waals surface area contributed by atoms with Crippen LogP contribution in [0.25, 0.3) is 10.9 Å². The van der Waals surface area contributed by atoms with Crippen LogP contribution < -0.4 is 0 Å². The van der Waals surface area contributed by atoms with Gasteiger partial charge in [0.15, 0.2) is 9.84 Å². The molecule has 0 saturated carbocycles. The van der Waals surface area contributed by atoms with Gasteiger partial charge >= 0.3 is 0 Å². The SMILES string of the molecule is CC(c1ccc2[nH]cc(C3CCN(C)CC3)c2c1)S(C)(=O)=O. The Hall–Kier alpha value is -1.33. The molecule has 3 rings (SSSR count). The molecule has 1 atom stereocenters. The third-order valence-corrected chi connectivity index (χ3v) is 6.56. The zero-order valence-electron chi connectivity index (χ0n) is 13.5. The second-order valence-corrected chi connectivity index (χ2v) is 8.96. The van der Waals surface area contributed by atoms with Gasteiger partial charge in [-0.3, -0.25) is 0 Å². The molecule has 1 aliphatic heterocycles. The molecule has 22 heavy (non-hydrogen) atoms. The minimum absolute atomic E-state index is 0.461. The third kappa shape index (κ3) is 2.92. The van der Waals surface area contributed by atoms with E-state index in [1.165, 1.54) is 17.2 Å². The molecule has 2 heterocycles. The van der Waals surface area contributed by atoms with Gasteiger partial charge in [-0.25, -0.2) is 8.42 Å². The summed E-state index contributed by atoms with van der Waals surface area (Å²) >= 11 is 0. The molecule has 0 spiro atoms. The zero-order valence-corrected chi connectivity index (χ0v) is 14.3. The van der Waals surface area contributed by atoms with Crippen LogP contribution in [0, 0.1) is 0 Å². The Morgan fingerprint density at radius 2 is 1.95 bits per heavy atom. The van der Waals surface area contributed by atoms with Crippen LogP contribution in [-0.2, 0) is 9.84 Å². The van der Waals surface area contributed by atoms with E-state index >= 15 is 0 Å². The summed E-state index contributed by atoms with van der Waals surface area (Å²) in [6.07, 6.45) is 5.73. The lowest BCUT2D eigenvalue weighted by molar-refractivity contribution is 0.256. The Morgan fingerprint density at radius 3 is 2.59 bits per heavy atom. The van der Waals surface area contributed by atoms with Crippen molar-refractivity contribution in [2.45, 2.75) is 30.9 Å². The summed E-state index contributed by atoms with van der Waals surface area (Å²) < 4.78 is 23.6. The number of aromatic nitrogens is 1. The number of hydrogen-bond acceptors (Lipinski definition) is 3. The quantitative estimate of drug-likeness (QED) is 0.945. The van der Waals surface area contributed by atoms with Crippen molar-refractivity contribution in [3.05, 3.63) is 35.5 Å². The second kappa shape index (κ2) is 5.70. The first-order chi connectivity index (χ1) is 10.4. The minimum atomic E-state index is -3.07. The summed E-state index contributed by atoms with van der Waals surface area (Å²) in [6.45, 7) is 4.01. The Morgan fingerprint density at radius 1 is 1.27 bits per heavy atom. The fourth-order valence-corrected chi connectivity index (χ4v) is 3.96. The monoisotopic (exact) mass is 320 g/mol. The number of likely N-dealkylation sites (tertiary alicyclic amines) is 1. The van der Waals surface area contributed by atoms with Gasteiger partial charge in [-0.15, -0.1) is 0 Å². The highest BCUT2D eigenvalue weighted by molar-refractivity contribution is 7.90. The van der Waals surface area contributed by atoms with Crippen molar-refractivity contribution in [2.24, 2.45) is 0 Å². The summed E-state index contributed by atoms with van der Waals surface area (Å²) in [7, 11) is -0.905. The normalized spacial score (nSPS) is 19.6. The van der Waals surface area contributed by atoms with Gasteiger partial charge in [0, 0.05) is 23.4 Å². The number of rotatable bonds is 3. The van der Waals surface area contributed by atoms with Crippen LogP contribution in [0.5, 0.6) is 0 Å². The molecule has 2 aromatic rings. The molecule has 1 aliphatic rings. The third-order valence-electron chi connectivity index (χ3n) is 5.01. The predicted molar refractivity (Wildman–Crippen MR) is 91.0 cm³/mol. The molecule has 0 aliphatic carbocycles. The van der Waals surface area contributed by atoms with E-state index in [9.17, 15) is 8.42 Å². The van der Waals surface area contributed by atoms with E-state index in [-0.39, 0.29) is 0 Å². The number of H-pyrrole nitrogens is 1. The van der Waals surface area contributed by atoms with Crippen LogP contribution in [0.2, 0.25) is 0 Å². The van der Waals surface area contributed by atoms with Gasteiger partial charge in [-0.2, -0.15) is 0 Å². The van der Waals surface area contributed by atoms with E-state index in [1.807, 2.05) is 12.1 Å². The maximum atomic E-state index is 11.8. The molecular formula is C17H24N2O2S. The Balaban J connectivity index is 1.99. The lowest BCUT2D eigenvalue weighted by atomic mass is 9.89. The average molecular weight is 320 g/mol. The molecular weight excluding hydrogens is 296 g/mol. The van der Waals surface area contributed by atoms with Crippen LogP contribution in [0.15, 0.2) is 24.4 Å². The van der Waals surface area contributed by atoms with Crippen molar-refractivity contribution in [3.63, 3.8) is 0 Å². The molecule has 1 unspecified atom stereocenters. The number of sulfone groups is 1. The first kappa shape index (κ1) is 15.6. The van der Waals surface area contributed by atoms with Crippen molar-refractivity contribution in [1.82, 2.24) is 9.88 Å². The van der Waals surface area contributed by atoms with E-state index in [0.717, 1.165) is 37.0 Å². The molecule has 1 aromatic heterocycles. The van der Waals surface area contributed by atoms with Crippen LogP contribution in [0.1, 0.15) is 42.1 Å². The molecule has 0 amide bonds. The number of piperidine rings is 1. The molecule has 1 fully saturated rings. The van der Waals surface area contributed by atoms with Gasteiger partial charge in [0.25, 0.3) is 0 Å². The summed E-state index contributed by atoms with van der Waals surface area (Å²) in [6, 6.07) is 5.99. The largest absolute Gasteiger partial charge is 0.361 e. The van der Waals surface area contributed by atoms with Crippen LogP contribution in [0.4, 0.5) is 0 Å². The lowest BCUT2D eigenvalue weighted by Gasteiger charge is -2.28. The molecule has 120 valence electrons.